The lowest BCUT2D eigenvalue weighted by molar-refractivity contribution is -0.289. The minimum absolute atomic E-state index is 0.0245. The average molecular weight is 329 g/mol. The molecule has 2 aromatic carbocycles. The van der Waals surface area contributed by atoms with E-state index in [2.05, 4.69) is 4.99 Å². The van der Waals surface area contributed by atoms with Crippen LogP contribution in [-0.2, 0) is 5.92 Å². The Balaban J connectivity index is 2.24. The lowest BCUT2D eigenvalue weighted by Gasteiger charge is -2.19. The summed E-state index contributed by atoms with van der Waals surface area (Å²) in [5.41, 5.74) is 0.0822. The van der Waals surface area contributed by atoms with Crippen LogP contribution in [0.2, 0.25) is 0 Å². The molecular formula is C16H12F5NO. The van der Waals surface area contributed by atoms with E-state index < -0.39 is 17.7 Å². The highest BCUT2D eigenvalue weighted by molar-refractivity contribution is 5.85. The van der Waals surface area contributed by atoms with Gasteiger partial charge in [-0.3, -0.25) is 4.99 Å². The van der Waals surface area contributed by atoms with Gasteiger partial charge in [-0.15, -0.1) is 0 Å². The van der Waals surface area contributed by atoms with Gasteiger partial charge in [-0.25, -0.2) is 0 Å². The predicted octanol–water partition coefficient (Wildman–Crippen LogP) is 5.11. The number of rotatable bonds is 3. The Morgan fingerprint density at radius 3 is 2.13 bits per heavy atom. The minimum Gasteiger partial charge on any atom is -0.507 e. The molecule has 0 aliphatic heterocycles. The van der Waals surface area contributed by atoms with E-state index >= 15 is 0 Å². The number of alkyl halides is 5. The first-order valence-electron chi connectivity index (χ1n) is 6.50. The Bertz CT molecular complexity index is 720. The molecule has 0 atom stereocenters. The van der Waals surface area contributed by atoms with E-state index in [4.69, 9.17) is 0 Å². The van der Waals surface area contributed by atoms with E-state index in [1.165, 1.54) is 6.21 Å². The topological polar surface area (TPSA) is 32.6 Å². The lowest BCUT2D eigenvalue weighted by atomic mass is 10.1. The molecule has 0 saturated carbocycles. The van der Waals surface area contributed by atoms with Crippen LogP contribution in [0.4, 0.5) is 27.6 Å². The summed E-state index contributed by atoms with van der Waals surface area (Å²) < 4.78 is 63.1. The van der Waals surface area contributed by atoms with Gasteiger partial charge in [0, 0.05) is 17.3 Å². The van der Waals surface area contributed by atoms with Crippen LogP contribution < -0.4 is 0 Å². The van der Waals surface area contributed by atoms with Crippen molar-refractivity contribution in [3.05, 3.63) is 59.2 Å². The van der Waals surface area contributed by atoms with Crippen molar-refractivity contribution in [2.45, 2.75) is 19.0 Å². The smallest absolute Gasteiger partial charge is 0.458 e. The molecule has 0 amide bonds. The highest BCUT2D eigenvalue weighted by atomic mass is 19.4. The van der Waals surface area contributed by atoms with E-state index in [0.29, 0.717) is 23.3 Å². The van der Waals surface area contributed by atoms with E-state index in [0.717, 1.165) is 12.1 Å². The van der Waals surface area contributed by atoms with Crippen molar-refractivity contribution in [2.75, 3.05) is 0 Å². The third kappa shape index (κ3) is 3.49. The fourth-order valence-corrected chi connectivity index (χ4v) is 1.85. The number of hydrogen-bond acceptors (Lipinski definition) is 2. The van der Waals surface area contributed by atoms with Crippen molar-refractivity contribution in [2.24, 2.45) is 4.99 Å². The molecule has 2 aromatic rings. The number of aryl methyl sites for hydroxylation is 1. The molecule has 2 nitrogen and oxygen atoms in total. The van der Waals surface area contributed by atoms with Crippen LogP contribution in [0.15, 0.2) is 47.5 Å². The summed E-state index contributed by atoms with van der Waals surface area (Å²) in [4.78, 5) is 3.95. The summed E-state index contributed by atoms with van der Waals surface area (Å²) >= 11 is 0. The Labute approximate surface area is 128 Å². The summed E-state index contributed by atoms with van der Waals surface area (Å²) in [7, 11) is 0. The summed E-state index contributed by atoms with van der Waals surface area (Å²) in [5.74, 6) is -4.89. The highest BCUT2D eigenvalue weighted by Crippen LogP contribution is 2.44. The molecular weight excluding hydrogens is 317 g/mol. The Hall–Kier alpha value is -2.44. The van der Waals surface area contributed by atoms with Gasteiger partial charge in [-0.2, -0.15) is 22.0 Å². The van der Waals surface area contributed by atoms with E-state index in [1.807, 2.05) is 0 Å². The van der Waals surface area contributed by atoms with Gasteiger partial charge >= 0.3 is 12.1 Å². The van der Waals surface area contributed by atoms with Gasteiger partial charge in [-0.1, -0.05) is 24.3 Å². The number of hydrogen-bond donors (Lipinski definition) is 1. The van der Waals surface area contributed by atoms with Crippen molar-refractivity contribution in [1.82, 2.24) is 0 Å². The third-order valence-corrected chi connectivity index (χ3v) is 3.21. The Morgan fingerprint density at radius 1 is 0.957 bits per heavy atom. The molecule has 23 heavy (non-hydrogen) atoms. The van der Waals surface area contributed by atoms with Crippen molar-refractivity contribution < 1.29 is 27.1 Å². The quantitative estimate of drug-likeness (QED) is 0.616. The van der Waals surface area contributed by atoms with Crippen molar-refractivity contribution >= 4 is 11.9 Å². The Morgan fingerprint density at radius 2 is 1.57 bits per heavy atom. The molecule has 0 saturated heterocycles. The monoisotopic (exact) mass is 329 g/mol. The van der Waals surface area contributed by atoms with Crippen molar-refractivity contribution in [3.63, 3.8) is 0 Å². The molecule has 0 radical (unpaired) electrons. The SMILES string of the molecule is Cc1cccc(C=Nc2ccc(C(F)(F)C(F)(F)F)cc2)c1O. The Kier molecular flexibility index (Phi) is 4.40. The second-order valence-corrected chi connectivity index (χ2v) is 4.89. The van der Waals surface area contributed by atoms with Gasteiger partial charge < -0.3 is 5.11 Å². The summed E-state index contributed by atoms with van der Waals surface area (Å²) in [6, 6.07) is 8.45. The van der Waals surface area contributed by atoms with Crippen LogP contribution in [0, 0.1) is 6.92 Å². The van der Waals surface area contributed by atoms with Crippen molar-refractivity contribution in [1.29, 1.82) is 0 Å². The fraction of sp³-hybridized carbons (Fsp3) is 0.188. The molecule has 0 aromatic heterocycles. The lowest BCUT2D eigenvalue weighted by Crippen LogP contribution is -2.33. The van der Waals surface area contributed by atoms with Gasteiger partial charge in [0.15, 0.2) is 0 Å². The fourth-order valence-electron chi connectivity index (χ4n) is 1.85. The molecule has 0 aliphatic carbocycles. The van der Waals surface area contributed by atoms with Crippen LogP contribution in [-0.4, -0.2) is 17.5 Å². The zero-order chi connectivity index (χ0) is 17.3. The summed E-state index contributed by atoms with van der Waals surface area (Å²) in [6.07, 6.45) is -4.34. The first-order chi connectivity index (χ1) is 10.6. The number of benzene rings is 2. The zero-order valence-corrected chi connectivity index (χ0v) is 11.9. The third-order valence-electron chi connectivity index (χ3n) is 3.21. The van der Waals surface area contributed by atoms with Crippen LogP contribution in [0.25, 0.3) is 0 Å². The van der Waals surface area contributed by atoms with Gasteiger partial charge in [0.1, 0.15) is 5.75 Å². The molecule has 0 spiro atoms. The number of phenolic OH excluding ortho intramolecular Hbond substituents is 1. The molecule has 0 unspecified atom stereocenters. The standard InChI is InChI=1S/C16H12F5NO/c1-10-3-2-4-11(14(10)23)9-22-13-7-5-12(6-8-13)15(17,18)16(19,20)21/h2-9,23H,1H3. The molecule has 122 valence electrons. The summed E-state index contributed by atoms with van der Waals surface area (Å²) in [6.45, 7) is 1.70. The van der Waals surface area contributed by atoms with Gasteiger partial charge in [0.2, 0.25) is 0 Å². The minimum atomic E-state index is -5.65. The van der Waals surface area contributed by atoms with Crippen LogP contribution in [0.5, 0.6) is 5.75 Å². The van der Waals surface area contributed by atoms with E-state index in [1.54, 1.807) is 25.1 Å². The van der Waals surface area contributed by atoms with Gasteiger partial charge in [-0.05, 0) is 30.7 Å². The molecule has 7 heteroatoms. The molecule has 2 rings (SSSR count). The highest BCUT2D eigenvalue weighted by Gasteiger charge is 2.58. The number of para-hydroxylation sites is 1. The molecule has 0 bridgehead atoms. The van der Waals surface area contributed by atoms with E-state index in [9.17, 15) is 27.1 Å². The second kappa shape index (κ2) is 5.98. The molecule has 0 heterocycles. The van der Waals surface area contributed by atoms with Crippen LogP contribution in [0.3, 0.4) is 0 Å². The first kappa shape index (κ1) is 16.9. The maximum Gasteiger partial charge on any atom is 0.458 e. The summed E-state index contributed by atoms with van der Waals surface area (Å²) in [5, 5.41) is 9.80. The number of nitrogens with zero attached hydrogens (tertiary/aromatic N) is 1. The average Bonchev–Trinajstić information content (AvgIpc) is 2.48. The maximum absolute atomic E-state index is 13.1. The number of aromatic hydroxyl groups is 1. The van der Waals surface area contributed by atoms with E-state index in [-0.39, 0.29) is 11.4 Å². The number of aliphatic imine (C=N–C) groups is 1. The molecule has 0 aliphatic rings. The first-order valence-corrected chi connectivity index (χ1v) is 6.50. The number of halogens is 5. The van der Waals surface area contributed by atoms with Gasteiger partial charge in [0.05, 0.1) is 5.69 Å². The molecule has 0 fully saturated rings. The molecule has 1 N–H and O–H groups in total. The predicted molar refractivity (Wildman–Crippen MR) is 76.5 cm³/mol. The number of phenols is 1. The zero-order valence-electron chi connectivity index (χ0n) is 11.9. The maximum atomic E-state index is 13.1. The largest absolute Gasteiger partial charge is 0.507 e. The van der Waals surface area contributed by atoms with Crippen LogP contribution in [0.1, 0.15) is 16.7 Å². The van der Waals surface area contributed by atoms with Gasteiger partial charge in [0.25, 0.3) is 0 Å². The normalized spacial score (nSPS) is 12.8. The van der Waals surface area contributed by atoms with Crippen LogP contribution >= 0.6 is 0 Å². The second-order valence-electron chi connectivity index (χ2n) is 4.89. The van der Waals surface area contributed by atoms with Crippen molar-refractivity contribution in [3.8, 4) is 5.75 Å².